The number of aryl methyl sites for hydroxylation is 1. The SMILES string of the molecule is Cc1ccc(C(=O)N[C@@H]2CC[C@@H]3[C@@H](CCCN3c3ccc(C#N)c(Cl)c3)C2)cc1. The first kappa shape index (κ1) is 19.8. The van der Waals surface area contributed by atoms with Crippen molar-refractivity contribution >= 4 is 23.2 Å². The van der Waals surface area contributed by atoms with Gasteiger partial charge in [0.15, 0.2) is 0 Å². The lowest BCUT2D eigenvalue weighted by molar-refractivity contribution is 0.0908. The van der Waals surface area contributed by atoms with E-state index in [1.54, 1.807) is 0 Å². The summed E-state index contributed by atoms with van der Waals surface area (Å²) in [7, 11) is 0. The molecule has 1 aliphatic carbocycles. The Kier molecular flexibility index (Phi) is 5.78. The Labute approximate surface area is 177 Å². The molecule has 0 radical (unpaired) electrons. The van der Waals surface area contributed by atoms with Crippen molar-refractivity contribution in [3.63, 3.8) is 0 Å². The first-order valence-electron chi connectivity index (χ1n) is 10.4. The van der Waals surface area contributed by atoms with E-state index in [0.717, 1.165) is 49.0 Å². The van der Waals surface area contributed by atoms with Crippen molar-refractivity contribution in [2.24, 2.45) is 5.92 Å². The predicted molar refractivity (Wildman–Crippen MR) is 116 cm³/mol. The second kappa shape index (κ2) is 8.47. The van der Waals surface area contributed by atoms with Gasteiger partial charge in [0.2, 0.25) is 0 Å². The van der Waals surface area contributed by atoms with Crippen molar-refractivity contribution in [3.05, 3.63) is 64.2 Å². The molecule has 1 aliphatic heterocycles. The number of nitriles is 1. The molecule has 2 aromatic rings. The smallest absolute Gasteiger partial charge is 0.251 e. The minimum absolute atomic E-state index is 0.0278. The van der Waals surface area contributed by atoms with E-state index in [1.165, 1.54) is 6.42 Å². The van der Waals surface area contributed by atoms with Gasteiger partial charge in [0.05, 0.1) is 10.6 Å². The number of nitrogens with one attached hydrogen (secondary N) is 1. The highest BCUT2D eigenvalue weighted by Crippen LogP contribution is 2.38. The first-order chi connectivity index (χ1) is 14.0. The maximum Gasteiger partial charge on any atom is 0.251 e. The van der Waals surface area contributed by atoms with Gasteiger partial charge in [-0.3, -0.25) is 4.79 Å². The van der Waals surface area contributed by atoms with E-state index >= 15 is 0 Å². The maximum atomic E-state index is 12.6. The fourth-order valence-electron chi connectivity index (χ4n) is 4.86. The average molecular weight is 408 g/mol. The molecule has 0 bridgehead atoms. The molecular formula is C24H26ClN3O. The molecule has 0 aromatic heterocycles. The lowest BCUT2D eigenvalue weighted by atomic mass is 9.76. The van der Waals surface area contributed by atoms with Crippen LogP contribution in [0.5, 0.6) is 0 Å². The summed E-state index contributed by atoms with van der Waals surface area (Å²) in [6, 6.07) is 16.3. The minimum Gasteiger partial charge on any atom is -0.368 e. The number of anilines is 1. The monoisotopic (exact) mass is 407 g/mol. The zero-order chi connectivity index (χ0) is 20.4. The van der Waals surface area contributed by atoms with Crippen LogP contribution in [0.3, 0.4) is 0 Å². The number of halogens is 1. The van der Waals surface area contributed by atoms with Gasteiger partial charge in [0.1, 0.15) is 6.07 Å². The standard InChI is InChI=1S/C24H26ClN3O/c1-16-4-6-17(7-5-16)24(29)27-20-9-11-23-18(13-20)3-2-12-28(23)21-10-8-19(15-26)22(25)14-21/h4-8,10,14,18,20,23H,2-3,9,11-13H2,1H3,(H,27,29)/t18-,20+,23+/m0/s1. The number of hydrogen-bond donors (Lipinski definition) is 1. The minimum atomic E-state index is 0.0278. The molecule has 3 atom stereocenters. The van der Waals surface area contributed by atoms with Crippen molar-refractivity contribution in [3.8, 4) is 6.07 Å². The molecule has 1 saturated carbocycles. The molecule has 0 unspecified atom stereocenters. The fraction of sp³-hybridized carbons (Fsp3) is 0.417. The topological polar surface area (TPSA) is 56.1 Å². The molecule has 29 heavy (non-hydrogen) atoms. The van der Waals surface area contributed by atoms with Gasteiger partial charge in [0.25, 0.3) is 5.91 Å². The largest absolute Gasteiger partial charge is 0.368 e. The Hall–Kier alpha value is -2.51. The summed E-state index contributed by atoms with van der Waals surface area (Å²) in [4.78, 5) is 15.1. The van der Waals surface area contributed by atoms with Crippen LogP contribution in [0, 0.1) is 24.2 Å². The van der Waals surface area contributed by atoms with Crippen LogP contribution in [-0.2, 0) is 0 Å². The van der Waals surface area contributed by atoms with E-state index < -0.39 is 0 Å². The summed E-state index contributed by atoms with van der Waals surface area (Å²) in [5.74, 6) is 0.593. The van der Waals surface area contributed by atoms with Crippen LogP contribution in [0.15, 0.2) is 42.5 Å². The van der Waals surface area contributed by atoms with Gasteiger partial charge in [-0.05, 0) is 75.3 Å². The molecule has 4 nitrogen and oxygen atoms in total. The Morgan fingerprint density at radius 1 is 1.17 bits per heavy atom. The van der Waals surface area contributed by atoms with Crippen LogP contribution in [0.4, 0.5) is 5.69 Å². The van der Waals surface area contributed by atoms with Crippen molar-refractivity contribution in [2.75, 3.05) is 11.4 Å². The Morgan fingerprint density at radius 3 is 2.69 bits per heavy atom. The summed E-state index contributed by atoms with van der Waals surface area (Å²) < 4.78 is 0. The number of fused-ring (bicyclic) bond motifs is 1. The average Bonchev–Trinajstić information content (AvgIpc) is 2.73. The summed E-state index contributed by atoms with van der Waals surface area (Å²) in [5.41, 5.74) is 3.51. The van der Waals surface area contributed by atoms with Gasteiger partial charge in [-0.2, -0.15) is 5.26 Å². The van der Waals surface area contributed by atoms with E-state index in [9.17, 15) is 4.79 Å². The van der Waals surface area contributed by atoms with Gasteiger partial charge < -0.3 is 10.2 Å². The molecule has 2 aliphatic rings. The molecule has 4 rings (SSSR count). The van der Waals surface area contributed by atoms with Crippen LogP contribution in [-0.4, -0.2) is 24.5 Å². The third kappa shape index (κ3) is 4.26. The molecule has 1 saturated heterocycles. The second-order valence-corrected chi connectivity index (χ2v) is 8.70. The molecule has 5 heteroatoms. The molecule has 1 amide bonds. The van der Waals surface area contributed by atoms with Crippen molar-refractivity contribution < 1.29 is 4.79 Å². The number of benzene rings is 2. The lowest BCUT2D eigenvalue weighted by Gasteiger charge is -2.47. The number of nitrogens with zero attached hydrogens (tertiary/aromatic N) is 2. The predicted octanol–water partition coefficient (Wildman–Crippen LogP) is 5.09. The second-order valence-electron chi connectivity index (χ2n) is 8.29. The van der Waals surface area contributed by atoms with Crippen LogP contribution in [0.1, 0.15) is 53.6 Å². The van der Waals surface area contributed by atoms with Gasteiger partial charge >= 0.3 is 0 Å². The van der Waals surface area contributed by atoms with Crippen molar-refractivity contribution in [1.82, 2.24) is 5.32 Å². The zero-order valence-electron chi connectivity index (χ0n) is 16.7. The summed E-state index contributed by atoms with van der Waals surface area (Å²) in [6.07, 6.45) is 5.39. The first-order valence-corrected chi connectivity index (χ1v) is 10.8. The summed E-state index contributed by atoms with van der Waals surface area (Å²) >= 11 is 6.28. The molecule has 1 N–H and O–H groups in total. The zero-order valence-corrected chi connectivity index (χ0v) is 17.5. The van der Waals surface area contributed by atoms with Crippen LogP contribution < -0.4 is 10.2 Å². The normalized spacial score (nSPS) is 23.8. The third-order valence-corrected chi connectivity index (χ3v) is 6.68. The maximum absolute atomic E-state index is 12.6. The number of carbonyl (C=O) groups excluding carboxylic acids is 1. The number of piperidine rings is 1. The van der Waals surface area contributed by atoms with Crippen LogP contribution in [0.2, 0.25) is 5.02 Å². The van der Waals surface area contributed by atoms with Gasteiger partial charge in [-0.25, -0.2) is 0 Å². The van der Waals surface area contributed by atoms with E-state index in [-0.39, 0.29) is 11.9 Å². The fourth-order valence-corrected chi connectivity index (χ4v) is 5.07. The van der Waals surface area contributed by atoms with Gasteiger partial charge in [-0.15, -0.1) is 0 Å². The molecule has 1 heterocycles. The van der Waals surface area contributed by atoms with Gasteiger partial charge in [0, 0.05) is 29.9 Å². The molecule has 2 aromatic carbocycles. The highest BCUT2D eigenvalue weighted by atomic mass is 35.5. The molecular weight excluding hydrogens is 382 g/mol. The summed E-state index contributed by atoms with van der Waals surface area (Å²) in [6.45, 7) is 3.04. The Balaban J connectivity index is 1.42. The van der Waals surface area contributed by atoms with E-state index in [4.69, 9.17) is 16.9 Å². The third-order valence-electron chi connectivity index (χ3n) is 6.37. The Morgan fingerprint density at radius 2 is 1.97 bits per heavy atom. The summed E-state index contributed by atoms with van der Waals surface area (Å²) in [5, 5.41) is 12.9. The number of amides is 1. The highest BCUT2D eigenvalue weighted by Gasteiger charge is 2.37. The molecule has 2 fully saturated rings. The molecule has 0 spiro atoms. The number of carbonyl (C=O) groups is 1. The highest BCUT2D eigenvalue weighted by molar-refractivity contribution is 6.32. The molecule has 150 valence electrons. The lowest BCUT2D eigenvalue weighted by Crippen LogP contribution is -2.52. The number of rotatable bonds is 3. The number of hydrogen-bond acceptors (Lipinski definition) is 3. The van der Waals surface area contributed by atoms with E-state index in [2.05, 4.69) is 16.3 Å². The van der Waals surface area contributed by atoms with E-state index in [1.807, 2.05) is 49.4 Å². The van der Waals surface area contributed by atoms with Crippen LogP contribution in [0.25, 0.3) is 0 Å². The quantitative estimate of drug-likeness (QED) is 0.771. The van der Waals surface area contributed by atoms with Crippen LogP contribution >= 0.6 is 11.6 Å². The van der Waals surface area contributed by atoms with E-state index in [0.29, 0.717) is 22.5 Å². The van der Waals surface area contributed by atoms with Gasteiger partial charge in [-0.1, -0.05) is 29.3 Å². The Bertz CT molecular complexity index is 934. The van der Waals surface area contributed by atoms with Crippen molar-refractivity contribution in [1.29, 1.82) is 5.26 Å². The van der Waals surface area contributed by atoms with Crippen molar-refractivity contribution in [2.45, 2.75) is 51.1 Å².